The molecular weight excluding hydrogens is 194 g/mol. The van der Waals surface area contributed by atoms with Gasteiger partial charge in [-0.1, -0.05) is 12.1 Å². The van der Waals surface area contributed by atoms with Gasteiger partial charge in [-0.2, -0.15) is 0 Å². The third kappa shape index (κ3) is 1.11. The molecular formula is C11H9NO3. The fraction of sp³-hybridized carbons (Fsp3) is 0.182. The molecule has 1 aliphatic rings. The Morgan fingerprint density at radius 3 is 3.00 bits per heavy atom. The van der Waals surface area contributed by atoms with Gasteiger partial charge in [-0.25, -0.2) is 4.98 Å². The molecule has 0 unspecified atom stereocenters. The number of rotatable bonds is 1. The summed E-state index contributed by atoms with van der Waals surface area (Å²) in [5.74, 6) is 1.79. The molecule has 0 aliphatic carbocycles. The van der Waals surface area contributed by atoms with Crippen LogP contribution in [0.2, 0.25) is 0 Å². The number of hydrogen-bond donors (Lipinski definition) is 0. The average Bonchev–Trinajstić information content (AvgIpc) is 2.73. The maximum atomic E-state index is 5.33. The van der Waals surface area contributed by atoms with E-state index >= 15 is 0 Å². The van der Waals surface area contributed by atoms with Gasteiger partial charge in [-0.15, -0.1) is 0 Å². The van der Waals surface area contributed by atoms with Crippen LogP contribution >= 0.6 is 0 Å². The van der Waals surface area contributed by atoms with E-state index in [0.29, 0.717) is 17.4 Å². The van der Waals surface area contributed by atoms with Gasteiger partial charge >= 0.3 is 0 Å². The van der Waals surface area contributed by atoms with Crippen molar-refractivity contribution in [3.8, 4) is 17.4 Å². The van der Waals surface area contributed by atoms with E-state index in [1.54, 1.807) is 7.11 Å². The topological polar surface area (TPSA) is 40.6 Å². The Labute approximate surface area is 86.4 Å². The summed E-state index contributed by atoms with van der Waals surface area (Å²) in [5, 5.41) is 0.934. The lowest BCUT2D eigenvalue weighted by Crippen LogP contribution is -1.94. The zero-order chi connectivity index (χ0) is 10.3. The van der Waals surface area contributed by atoms with Crippen LogP contribution in [0, 0.1) is 0 Å². The number of hydrogen-bond acceptors (Lipinski definition) is 4. The molecule has 1 aromatic heterocycles. The van der Waals surface area contributed by atoms with Crippen LogP contribution in [-0.4, -0.2) is 18.9 Å². The molecule has 1 aromatic carbocycles. The molecule has 0 atom stereocenters. The second-order valence-electron chi connectivity index (χ2n) is 3.20. The van der Waals surface area contributed by atoms with Gasteiger partial charge in [0, 0.05) is 5.39 Å². The third-order valence-corrected chi connectivity index (χ3v) is 2.37. The zero-order valence-corrected chi connectivity index (χ0v) is 8.19. The summed E-state index contributed by atoms with van der Waals surface area (Å²) in [6.07, 6.45) is 0. The van der Waals surface area contributed by atoms with Gasteiger partial charge in [0.1, 0.15) is 0 Å². The normalized spacial score (nSPS) is 13.1. The summed E-state index contributed by atoms with van der Waals surface area (Å²) in [5.41, 5.74) is 0.846. The van der Waals surface area contributed by atoms with Crippen molar-refractivity contribution in [2.75, 3.05) is 13.9 Å². The summed E-state index contributed by atoms with van der Waals surface area (Å²) >= 11 is 0. The molecule has 2 aromatic rings. The van der Waals surface area contributed by atoms with Gasteiger partial charge in [0.05, 0.1) is 12.6 Å². The highest BCUT2D eigenvalue weighted by Gasteiger charge is 2.23. The Morgan fingerprint density at radius 2 is 2.13 bits per heavy atom. The van der Waals surface area contributed by atoms with Crippen LogP contribution in [0.15, 0.2) is 24.3 Å². The van der Waals surface area contributed by atoms with E-state index < -0.39 is 0 Å². The fourth-order valence-corrected chi connectivity index (χ4v) is 1.71. The molecule has 2 heterocycles. The predicted octanol–water partition coefficient (Wildman–Crippen LogP) is 1.97. The number of ether oxygens (including phenoxy) is 3. The van der Waals surface area contributed by atoms with Crippen LogP contribution in [0.25, 0.3) is 10.9 Å². The molecule has 15 heavy (non-hydrogen) atoms. The smallest absolute Gasteiger partial charge is 0.264 e. The molecule has 4 heteroatoms. The average molecular weight is 203 g/mol. The van der Waals surface area contributed by atoms with Crippen LogP contribution in [0.4, 0.5) is 0 Å². The van der Waals surface area contributed by atoms with E-state index in [4.69, 9.17) is 14.2 Å². The van der Waals surface area contributed by atoms with Crippen molar-refractivity contribution in [2.24, 2.45) is 0 Å². The Kier molecular flexibility index (Phi) is 1.68. The predicted molar refractivity (Wildman–Crippen MR) is 54.4 cm³/mol. The molecule has 0 saturated heterocycles. The summed E-state index contributed by atoms with van der Waals surface area (Å²) in [7, 11) is 1.61. The van der Waals surface area contributed by atoms with Crippen LogP contribution in [0.1, 0.15) is 0 Å². The van der Waals surface area contributed by atoms with Crippen LogP contribution in [0.5, 0.6) is 17.4 Å². The van der Waals surface area contributed by atoms with E-state index in [-0.39, 0.29) is 6.79 Å². The Bertz CT molecular complexity index is 524. The largest absolute Gasteiger partial charge is 0.492 e. The lowest BCUT2D eigenvalue weighted by molar-refractivity contribution is 0.168. The molecule has 0 bridgehead atoms. The van der Waals surface area contributed by atoms with Gasteiger partial charge in [0.25, 0.3) is 5.88 Å². The molecule has 76 valence electrons. The van der Waals surface area contributed by atoms with Gasteiger partial charge in [-0.3, -0.25) is 0 Å². The monoisotopic (exact) mass is 203 g/mol. The zero-order valence-electron chi connectivity index (χ0n) is 8.19. The Morgan fingerprint density at radius 1 is 1.27 bits per heavy atom. The number of nitrogens with zero attached hydrogens (tertiary/aromatic N) is 1. The van der Waals surface area contributed by atoms with Crippen LogP contribution in [0.3, 0.4) is 0 Å². The van der Waals surface area contributed by atoms with Crippen molar-refractivity contribution in [1.29, 1.82) is 0 Å². The van der Waals surface area contributed by atoms with Gasteiger partial charge < -0.3 is 14.2 Å². The highest BCUT2D eigenvalue weighted by atomic mass is 16.7. The minimum Gasteiger partial charge on any atom is -0.492 e. The quantitative estimate of drug-likeness (QED) is 0.710. The lowest BCUT2D eigenvalue weighted by Gasteiger charge is -2.07. The van der Waals surface area contributed by atoms with E-state index in [1.807, 2.05) is 24.3 Å². The minimum atomic E-state index is 0.203. The van der Waals surface area contributed by atoms with Crippen molar-refractivity contribution >= 4 is 10.9 Å². The molecule has 4 nitrogen and oxygen atoms in total. The number of pyridine rings is 1. The summed E-state index contributed by atoms with van der Waals surface area (Å²) in [4.78, 5) is 4.34. The van der Waals surface area contributed by atoms with E-state index in [2.05, 4.69) is 4.98 Å². The minimum absolute atomic E-state index is 0.203. The van der Waals surface area contributed by atoms with Gasteiger partial charge in [0.2, 0.25) is 12.5 Å². The summed E-state index contributed by atoms with van der Waals surface area (Å²) in [6.45, 7) is 0.203. The summed E-state index contributed by atoms with van der Waals surface area (Å²) in [6, 6.07) is 7.73. The molecule has 0 fully saturated rings. The second kappa shape index (κ2) is 3.02. The van der Waals surface area contributed by atoms with E-state index in [0.717, 1.165) is 10.9 Å². The maximum absolute atomic E-state index is 5.33. The first kappa shape index (κ1) is 8.35. The standard InChI is InChI=1S/C11H9NO3/c1-13-9-7-4-2-3-5-8(7)12-11-10(9)14-6-15-11/h2-5H,6H2,1H3. The number of aromatic nitrogens is 1. The van der Waals surface area contributed by atoms with Crippen LogP contribution < -0.4 is 14.2 Å². The van der Waals surface area contributed by atoms with Crippen molar-refractivity contribution in [1.82, 2.24) is 4.98 Å². The molecule has 0 N–H and O–H groups in total. The van der Waals surface area contributed by atoms with Crippen LogP contribution in [-0.2, 0) is 0 Å². The number of fused-ring (bicyclic) bond motifs is 2. The Hall–Kier alpha value is -1.97. The highest BCUT2D eigenvalue weighted by molar-refractivity contribution is 5.89. The highest BCUT2D eigenvalue weighted by Crippen LogP contribution is 2.43. The number of para-hydroxylation sites is 1. The van der Waals surface area contributed by atoms with Gasteiger partial charge in [0.15, 0.2) is 5.75 Å². The molecule has 0 saturated carbocycles. The Balaban J connectivity index is 2.41. The first-order valence-electron chi connectivity index (χ1n) is 4.62. The van der Waals surface area contributed by atoms with Crippen molar-refractivity contribution in [3.63, 3.8) is 0 Å². The molecule has 0 amide bonds. The first-order valence-corrected chi connectivity index (χ1v) is 4.62. The lowest BCUT2D eigenvalue weighted by atomic mass is 10.2. The molecule has 0 radical (unpaired) electrons. The third-order valence-electron chi connectivity index (χ3n) is 2.37. The second-order valence-corrected chi connectivity index (χ2v) is 3.20. The number of methoxy groups -OCH3 is 1. The van der Waals surface area contributed by atoms with Crippen molar-refractivity contribution < 1.29 is 14.2 Å². The van der Waals surface area contributed by atoms with E-state index in [9.17, 15) is 0 Å². The molecule has 0 spiro atoms. The van der Waals surface area contributed by atoms with E-state index in [1.165, 1.54) is 0 Å². The summed E-state index contributed by atoms with van der Waals surface area (Å²) < 4.78 is 15.9. The van der Waals surface area contributed by atoms with Gasteiger partial charge in [-0.05, 0) is 12.1 Å². The molecule has 1 aliphatic heterocycles. The number of benzene rings is 1. The maximum Gasteiger partial charge on any atom is 0.264 e. The van der Waals surface area contributed by atoms with Crippen molar-refractivity contribution in [2.45, 2.75) is 0 Å². The molecule has 3 rings (SSSR count). The SMILES string of the molecule is COc1c2c(nc3ccccc13)OCO2. The fourth-order valence-electron chi connectivity index (χ4n) is 1.71. The first-order chi connectivity index (χ1) is 7.40. The van der Waals surface area contributed by atoms with Crippen molar-refractivity contribution in [3.05, 3.63) is 24.3 Å².